The van der Waals surface area contributed by atoms with Crippen LogP contribution in [0.1, 0.15) is 39.5 Å². The third-order valence-electron chi connectivity index (χ3n) is 3.90. The van der Waals surface area contributed by atoms with Gasteiger partial charge in [0.1, 0.15) is 0 Å². The molecule has 4 N–H and O–H groups in total. The van der Waals surface area contributed by atoms with E-state index in [9.17, 15) is 9.59 Å². The van der Waals surface area contributed by atoms with Crippen LogP contribution in [0.25, 0.3) is 0 Å². The summed E-state index contributed by atoms with van der Waals surface area (Å²) in [6, 6.07) is -1.90. The van der Waals surface area contributed by atoms with Crippen molar-refractivity contribution in [3.8, 4) is 0 Å². The number of aliphatic hydroxyl groups excluding tert-OH is 1. The summed E-state index contributed by atoms with van der Waals surface area (Å²) in [5.41, 5.74) is -0.209. The quantitative estimate of drug-likeness (QED) is 0.568. The molecular formula is C13H24N2O5. The van der Waals surface area contributed by atoms with E-state index in [2.05, 4.69) is 24.5 Å². The minimum Gasteiger partial charge on any atom is -0.480 e. The molecule has 1 rings (SSSR count). The zero-order valence-electron chi connectivity index (χ0n) is 12.0. The van der Waals surface area contributed by atoms with Gasteiger partial charge in [0.05, 0.1) is 12.2 Å². The van der Waals surface area contributed by atoms with Crippen molar-refractivity contribution in [2.24, 2.45) is 0 Å². The predicted octanol–water partition coefficient (Wildman–Crippen LogP) is 0.469. The number of aliphatic carboxylic acids is 1. The number of carbonyl (C=O) groups excluding carboxylic acids is 1. The van der Waals surface area contributed by atoms with E-state index in [1.54, 1.807) is 0 Å². The number of amides is 2. The fourth-order valence-electron chi connectivity index (χ4n) is 2.46. The number of carbonyl (C=O) groups is 2. The fraction of sp³-hybridized carbons (Fsp3) is 0.846. The maximum atomic E-state index is 11.7. The van der Waals surface area contributed by atoms with E-state index in [4.69, 9.17) is 14.9 Å². The molecule has 1 aliphatic rings. The van der Waals surface area contributed by atoms with E-state index < -0.39 is 24.6 Å². The number of hydrogen-bond acceptors (Lipinski definition) is 4. The Bertz CT molecular complexity index is 344. The normalized spacial score (nSPS) is 22.9. The first-order valence-electron chi connectivity index (χ1n) is 7.01. The summed E-state index contributed by atoms with van der Waals surface area (Å²) < 4.78 is 5.81. The lowest BCUT2D eigenvalue weighted by Gasteiger charge is -2.40. The van der Waals surface area contributed by atoms with E-state index in [0.717, 1.165) is 12.8 Å². The van der Waals surface area contributed by atoms with Crippen molar-refractivity contribution < 1.29 is 24.5 Å². The lowest BCUT2D eigenvalue weighted by Crippen LogP contribution is -2.54. The van der Waals surface area contributed by atoms with E-state index in [0.29, 0.717) is 19.4 Å². The molecule has 0 aliphatic carbocycles. The minimum absolute atomic E-state index is 0.0446. The number of urea groups is 1. The second-order valence-corrected chi connectivity index (χ2v) is 5.12. The van der Waals surface area contributed by atoms with Crippen molar-refractivity contribution in [3.05, 3.63) is 0 Å². The Balaban J connectivity index is 2.51. The van der Waals surface area contributed by atoms with Crippen LogP contribution in [0.15, 0.2) is 0 Å². The third kappa shape index (κ3) is 4.35. The zero-order valence-corrected chi connectivity index (χ0v) is 12.0. The molecule has 7 heteroatoms. The summed E-state index contributed by atoms with van der Waals surface area (Å²) in [5, 5.41) is 22.6. The highest BCUT2D eigenvalue weighted by Gasteiger charge is 2.35. The third-order valence-corrected chi connectivity index (χ3v) is 3.90. The SMILES string of the molecule is CCC1(CC)CC(NC(=O)NC(CO)C(=O)O)CCO1. The van der Waals surface area contributed by atoms with Gasteiger partial charge in [0, 0.05) is 12.6 Å². The highest BCUT2D eigenvalue weighted by molar-refractivity contribution is 5.82. The van der Waals surface area contributed by atoms with Crippen molar-refractivity contribution in [3.63, 3.8) is 0 Å². The summed E-state index contributed by atoms with van der Waals surface area (Å²) in [5.74, 6) is -1.26. The lowest BCUT2D eigenvalue weighted by atomic mass is 9.86. The van der Waals surface area contributed by atoms with Crippen LogP contribution in [0.3, 0.4) is 0 Å². The molecule has 7 nitrogen and oxygen atoms in total. The van der Waals surface area contributed by atoms with Crippen LogP contribution in [0, 0.1) is 0 Å². The van der Waals surface area contributed by atoms with Crippen molar-refractivity contribution >= 4 is 12.0 Å². The number of ether oxygens (including phenoxy) is 1. The van der Waals surface area contributed by atoms with Crippen LogP contribution in [0.2, 0.25) is 0 Å². The Morgan fingerprint density at radius 2 is 2.05 bits per heavy atom. The molecule has 2 atom stereocenters. The second kappa shape index (κ2) is 7.44. The Hall–Kier alpha value is -1.34. The van der Waals surface area contributed by atoms with Gasteiger partial charge in [-0.1, -0.05) is 13.8 Å². The topological polar surface area (TPSA) is 108 Å². The van der Waals surface area contributed by atoms with Crippen LogP contribution in [-0.2, 0) is 9.53 Å². The van der Waals surface area contributed by atoms with E-state index in [1.807, 2.05) is 0 Å². The van der Waals surface area contributed by atoms with Gasteiger partial charge in [0.2, 0.25) is 0 Å². The van der Waals surface area contributed by atoms with Crippen LogP contribution in [0.4, 0.5) is 4.79 Å². The molecule has 0 radical (unpaired) electrons. The van der Waals surface area contributed by atoms with E-state index in [-0.39, 0.29) is 11.6 Å². The Morgan fingerprint density at radius 1 is 1.40 bits per heavy atom. The van der Waals surface area contributed by atoms with Crippen LogP contribution >= 0.6 is 0 Å². The predicted molar refractivity (Wildman–Crippen MR) is 72.5 cm³/mol. The molecule has 0 spiro atoms. The highest BCUT2D eigenvalue weighted by Crippen LogP contribution is 2.31. The molecule has 0 aromatic rings. The molecule has 20 heavy (non-hydrogen) atoms. The fourth-order valence-corrected chi connectivity index (χ4v) is 2.46. The van der Waals surface area contributed by atoms with Gasteiger partial charge in [-0.25, -0.2) is 9.59 Å². The molecule has 2 unspecified atom stereocenters. The average Bonchev–Trinajstić information content (AvgIpc) is 2.44. The number of nitrogens with one attached hydrogen (secondary N) is 2. The summed E-state index contributed by atoms with van der Waals surface area (Å²) in [6.07, 6.45) is 3.16. The molecule has 0 aromatic carbocycles. The monoisotopic (exact) mass is 288 g/mol. The summed E-state index contributed by atoms with van der Waals surface area (Å²) in [6.45, 7) is 4.05. The van der Waals surface area contributed by atoms with Crippen LogP contribution in [-0.4, -0.2) is 53.1 Å². The standard InChI is InChI=1S/C13H24N2O5/c1-3-13(4-2)7-9(5-6-20-13)14-12(19)15-10(8-16)11(17)18/h9-10,16H,3-8H2,1-2H3,(H,17,18)(H2,14,15,19). The van der Waals surface area contributed by atoms with Crippen molar-refractivity contribution in [1.29, 1.82) is 0 Å². The van der Waals surface area contributed by atoms with Gasteiger partial charge in [-0.05, 0) is 25.7 Å². The summed E-state index contributed by atoms with van der Waals surface area (Å²) in [7, 11) is 0. The van der Waals surface area contributed by atoms with Gasteiger partial charge >= 0.3 is 12.0 Å². The van der Waals surface area contributed by atoms with Crippen molar-refractivity contribution in [2.75, 3.05) is 13.2 Å². The molecular weight excluding hydrogens is 264 g/mol. The Labute approximate surface area is 118 Å². The first-order chi connectivity index (χ1) is 9.46. The Morgan fingerprint density at radius 3 is 2.55 bits per heavy atom. The van der Waals surface area contributed by atoms with Gasteiger partial charge < -0.3 is 25.6 Å². The van der Waals surface area contributed by atoms with Gasteiger partial charge in [0.15, 0.2) is 6.04 Å². The first-order valence-corrected chi connectivity index (χ1v) is 7.01. The van der Waals surface area contributed by atoms with Crippen LogP contribution < -0.4 is 10.6 Å². The molecule has 116 valence electrons. The molecule has 1 saturated heterocycles. The van der Waals surface area contributed by atoms with Gasteiger partial charge in [-0.15, -0.1) is 0 Å². The highest BCUT2D eigenvalue weighted by atomic mass is 16.5. The number of hydrogen-bond donors (Lipinski definition) is 4. The zero-order chi connectivity index (χ0) is 15.2. The second-order valence-electron chi connectivity index (χ2n) is 5.12. The van der Waals surface area contributed by atoms with Gasteiger partial charge in [0.25, 0.3) is 0 Å². The maximum Gasteiger partial charge on any atom is 0.328 e. The molecule has 1 aliphatic heterocycles. The molecule has 2 amide bonds. The molecule has 1 heterocycles. The van der Waals surface area contributed by atoms with Gasteiger partial charge in [-0.3, -0.25) is 0 Å². The van der Waals surface area contributed by atoms with Gasteiger partial charge in [-0.2, -0.15) is 0 Å². The maximum absolute atomic E-state index is 11.7. The van der Waals surface area contributed by atoms with Crippen molar-refractivity contribution in [2.45, 2.75) is 57.2 Å². The summed E-state index contributed by atoms with van der Waals surface area (Å²) >= 11 is 0. The molecule has 0 aromatic heterocycles. The number of aliphatic hydroxyl groups is 1. The molecule has 1 fully saturated rings. The Kier molecular flexibility index (Phi) is 6.22. The molecule has 0 saturated carbocycles. The number of carboxylic acid groups (broad SMARTS) is 1. The largest absolute Gasteiger partial charge is 0.480 e. The average molecular weight is 288 g/mol. The molecule has 0 bridgehead atoms. The van der Waals surface area contributed by atoms with Crippen LogP contribution in [0.5, 0.6) is 0 Å². The smallest absolute Gasteiger partial charge is 0.328 e. The lowest BCUT2D eigenvalue weighted by molar-refractivity contribution is -0.140. The van der Waals surface area contributed by atoms with E-state index >= 15 is 0 Å². The summed E-state index contributed by atoms with van der Waals surface area (Å²) in [4.78, 5) is 22.5. The van der Waals surface area contributed by atoms with Crippen molar-refractivity contribution in [1.82, 2.24) is 10.6 Å². The first kappa shape index (κ1) is 16.7. The number of rotatable bonds is 6. The van der Waals surface area contributed by atoms with E-state index in [1.165, 1.54) is 0 Å². The minimum atomic E-state index is -1.28. The number of carboxylic acids is 1.